The van der Waals surface area contributed by atoms with Crippen molar-refractivity contribution >= 4 is 23.8 Å². The van der Waals surface area contributed by atoms with Gasteiger partial charge in [-0.25, -0.2) is 19.2 Å². The number of carbonyl (C=O) groups is 4. The first kappa shape index (κ1) is 49.7. The molecule has 4 aromatic rings. The third kappa shape index (κ3) is 11.7. The maximum atomic E-state index is 13.8. The molecule has 10 nitrogen and oxygen atoms in total. The summed E-state index contributed by atoms with van der Waals surface area (Å²) in [6.07, 6.45) is 6.06. The molecule has 2 saturated carbocycles. The molecule has 2 aliphatic rings. The lowest BCUT2D eigenvalue weighted by atomic mass is 9.75. The highest BCUT2D eigenvalue weighted by Crippen LogP contribution is 2.40. The van der Waals surface area contributed by atoms with E-state index in [2.05, 4.69) is 12.1 Å². The number of hydrogen-bond acceptors (Lipinski definition) is 8. The first-order chi connectivity index (χ1) is 28.7. The second kappa shape index (κ2) is 21.4. The van der Waals surface area contributed by atoms with E-state index < -0.39 is 23.1 Å². The summed E-state index contributed by atoms with van der Waals surface area (Å²) in [5.74, 6) is -1.62. The molecule has 326 valence electrons. The van der Waals surface area contributed by atoms with Gasteiger partial charge in [0.15, 0.2) is 0 Å². The Morgan fingerprint density at radius 2 is 0.887 bits per heavy atom. The van der Waals surface area contributed by atoms with E-state index in [-0.39, 0.29) is 79.4 Å². The number of halogens is 2. The van der Waals surface area contributed by atoms with Crippen molar-refractivity contribution in [3.8, 4) is 23.3 Å². The van der Waals surface area contributed by atoms with Gasteiger partial charge < -0.3 is 43.4 Å². The minimum Gasteiger partial charge on any atom is -1.00 e. The number of hydrogen-bond donors (Lipinski definition) is 0. The molecule has 4 atom stereocenters. The Balaban J connectivity index is 0.00000422. The molecule has 2 amide bonds. The minimum atomic E-state index is -1.29. The van der Waals surface area contributed by atoms with Crippen LogP contribution in [0.2, 0.25) is 0 Å². The van der Waals surface area contributed by atoms with E-state index in [0.29, 0.717) is 49.9 Å². The van der Waals surface area contributed by atoms with Crippen LogP contribution in [0.5, 0.6) is 0 Å². The lowest BCUT2D eigenvalue weighted by molar-refractivity contribution is -0.819. The number of likely N-dealkylation sites (N-methyl/N-ethyl adjacent to an activating group) is 2. The molecule has 2 aliphatic carbocycles. The SMILES string of the molecule is C[N+](C)(CC1CCCCC1(C#N)OC(=O)c1ccccc1)C(=O)Cc1ccc(-c2ccc(CC(=O)[N+](C)(C)CC3CCCCC3(C#N)OC(=O)c3ccccc3)cc2)cc1.[Br-].[Br-]. The Kier molecular flexibility index (Phi) is 17.1. The van der Waals surface area contributed by atoms with Crippen molar-refractivity contribution in [3.63, 3.8) is 0 Å². The summed E-state index contributed by atoms with van der Waals surface area (Å²) >= 11 is 0. The van der Waals surface area contributed by atoms with Gasteiger partial charge in [-0.3, -0.25) is 8.97 Å². The lowest BCUT2D eigenvalue weighted by Crippen LogP contribution is -3.00. The fourth-order valence-electron chi connectivity index (χ4n) is 8.83. The molecule has 4 unspecified atom stereocenters. The highest BCUT2D eigenvalue weighted by molar-refractivity contribution is 5.90. The average Bonchev–Trinajstić information content (AvgIpc) is 3.26. The Hall–Kier alpha value is -4.98. The molecule has 0 radical (unpaired) electrons. The minimum absolute atomic E-state index is 0. The molecule has 0 spiro atoms. The molecule has 2 fully saturated rings. The molecule has 12 heteroatoms. The number of esters is 2. The number of carbonyl (C=O) groups excluding carboxylic acids is 4. The summed E-state index contributed by atoms with van der Waals surface area (Å²) in [6.45, 7) is 0.756. The Morgan fingerprint density at radius 3 is 1.21 bits per heavy atom. The van der Waals surface area contributed by atoms with Gasteiger partial charge in [-0.2, -0.15) is 10.5 Å². The first-order valence-electron chi connectivity index (χ1n) is 21.0. The van der Waals surface area contributed by atoms with Crippen LogP contribution >= 0.6 is 0 Å². The predicted molar refractivity (Wildman–Crippen MR) is 228 cm³/mol. The molecule has 4 aromatic carbocycles. The fraction of sp³-hybridized carbons (Fsp3) is 0.400. The summed E-state index contributed by atoms with van der Waals surface area (Å²) in [6, 6.07) is 37.9. The Bertz CT molecular complexity index is 2090. The molecule has 6 rings (SSSR count). The first-order valence-corrected chi connectivity index (χ1v) is 21.0. The van der Waals surface area contributed by atoms with Gasteiger partial charge in [-0.05, 0) is 72.2 Å². The standard InChI is InChI=1S/C50H56N4O6.2BrH/c1-53(2,33-43-19-11-13-29-49(43,35-51)59-47(57)41-15-7-5-8-16-41)45(55)31-37-21-25-39(26-22-37)40-27-23-38(24-28-40)32-46(56)54(3,4)34-44-20-12-14-30-50(44,36-52)60-48(58)42-17-9-6-10-18-42;;/h5-10,15-18,21-28,43-44H,11-14,19-20,29-34H2,1-4H3;2*1H/q+2;;/p-2. The Morgan fingerprint density at radius 1 is 0.548 bits per heavy atom. The number of nitrogens with zero attached hydrogens (tertiary/aromatic N) is 4. The summed E-state index contributed by atoms with van der Waals surface area (Å²) in [7, 11) is 7.44. The molecular formula is C50H56Br2N4O6. The van der Waals surface area contributed by atoms with E-state index in [1.54, 1.807) is 48.5 Å². The smallest absolute Gasteiger partial charge is 0.339 e. The molecular weight excluding hydrogens is 912 g/mol. The lowest BCUT2D eigenvalue weighted by Gasteiger charge is -2.41. The van der Waals surface area contributed by atoms with Crippen molar-refractivity contribution in [2.45, 2.75) is 75.4 Å². The third-order valence-corrected chi connectivity index (χ3v) is 12.6. The predicted octanol–water partition coefficient (Wildman–Crippen LogP) is 2.27. The number of quaternary nitrogens is 2. The Labute approximate surface area is 387 Å². The van der Waals surface area contributed by atoms with E-state index in [9.17, 15) is 29.7 Å². The fourth-order valence-corrected chi connectivity index (χ4v) is 8.83. The number of amides is 2. The summed E-state index contributed by atoms with van der Waals surface area (Å²) in [5.41, 5.74) is 1.92. The maximum Gasteiger partial charge on any atom is 0.339 e. The largest absolute Gasteiger partial charge is 1.00 e. The van der Waals surface area contributed by atoms with Crippen LogP contribution in [0, 0.1) is 34.5 Å². The summed E-state index contributed by atoms with van der Waals surface area (Å²) in [4.78, 5) is 53.7. The highest BCUT2D eigenvalue weighted by Gasteiger charge is 2.50. The molecule has 0 aromatic heterocycles. The van der Waals surface area contributed by atoms with E-state index in [1.165, 1.54) is 0 Å². The zero-order chi connectivity index (χ0) is 43.0. The topological polar surface area (TPSA) is 134 Å². The van der Waals surface area contributed by atoms with Gasteiger partial charge in [0.05, 0.1) is 77.1 Å². The van der Waals surface area contributed by atoms with E-state index >= 15 is 0 Å². The molecule has 0 bridgehead atoms. The van der Waals surface area contributed by atoms with Crippen LogP contribution in [0.3, 0.4) is 0 Å². The monoisotopic (exact) mass is 966 g/mol. The van der Waals surface area contributed by atoms with Gasteiger partial charge in [0.1, 0.15) is 12.1 Å². The van der Waals surface area contributed by atoms with Gasteiger partial charge in [-0.15, -0.1) is 0 Å². The van der Waals surface area contributed by atoms with Crippen molar-refractivity contribution in [2.24, 2.45) is 11.8 Å². The van der Waals surface area contributed by atoms with Crippen molar-refractivity contribution in [1.29, 1.82) is 10.5 Å². The van der Waals surface area contributed by atoms with Gasteiger partial charge in [0, 0.05) is 12.8 Å². The van der Waals surface area contributed by atoms with Crippen LogP contribution in [-0.4, -0.2) is 85.2 Å². The van der Waals surface area contributed by atoms with E-state index in [0.717, 1.165) is 47.9 Å². The van der Waals surface area contributed by atoms with Crippen LogP contribution < -0.4 is 34.0 Å². The molecule has 0 saturated heterocycles. The summed E-state index contributed by atoms with van der Waals surface area (Å²) < 4.78 is 12.0. The van der Waals surface area contributed by atoms with Gasteiger partial charge >= 0.3 is 23.8 Å². The van der Waals surface area contributed by atoms with Gasteiger partial charge in [0.2, 0.25) is 11.2 Å². The quantitative estimate of drug-likeness (QED) is 0.147. The van der Waals surface area contributed by atoms with Crippen LogP contribution in [0.4, 0.5) is 0 Å². The summed E-state index contributed by atoms with van der Waals surface area (Å²) in [5, 5.41) is 20.7. The van der Waals surface area contributed by atoms with Crippen molar-refractivity contribution in [3.05, 3.63) is 131 Å². The van der Waals surface area contributed by atoms with Crippen molar-refractivity contribution in [1.82, 2.24) is 0 Å². The van der Waals surface area contributed by atoms with Crippen molar-refractivity contribution in [2.75, 3.05) is 41.3 Å². The average molecular weight is 969 g/mol. The second-order valence-corrected chi connectivity index (χ2v) is 17.7. The van der Waals surface area contributed by atoms with E-state index in [4.69, 9.17) is 9.47 Å². The van der Waals surface area contributed by atoms with Crippen LogP contribution in [-0.2, 0) is 31.9 Å². The van der Waals surface area contributed by atoms with Crippen LogP contribution in [0.15, 0.2) is 109 Å². The molecule has 0 heterocycles. The second-order valence-electron chi connectivity index (χ2n) is 17.7. The zero-order valence-electron chi connectivity index (χ0n) is 36.0. The number of rotatable bonds is 13. The normalized spacial score (nSPS) is 21.1. The van der Waals surface area contributed by atoms with Gasteiger partial charge in [-0.1, -0.05) is 97.8 Å². The van der Waals surface area contributed by atoms with Crippen molar-refractivity contribution < 1.29 is 71.6 Å². The number of ether oxygens (including phenoxy) is 2. The van der Waals surface area contributed by atoms with E-state index in [1.807, 2.05) is 88.9 Å². The molecule has 0 aliphatic heterocycles. The number of nitriles is 2. The van der Waals surface area contributed by atoms with Gasteiger partial charge in [0.25, 0.3) is 0 Å². The number of benzene rings is 4. The molecule has 0 N–H and O–H groups in total. The van der Waals surface area contributed by atoms with Crippen LogP contribution in [0.1, 0.15) is 83.2 Å². The maximum absolute atomic E-state index is 13.8. The third-order valence-electron chi connectivity index (χ3n) is 12.6. The highest BCUT2D eigenvalue weighted by atomic mass is 79.9. The molecule has 62 heavy (non-hydrogen) atoms. The van der Waals surface area contributed by atoms with Crippen LogP contribution in [0.25, 0.3) is 11.1 Å². The zero-order valence-corrected chi connectivity index (χ0v) is 39.2.